The highest BCUT2D eigenvalue weighted by Gasteiger charge is 2.42. The van der Waals surface area contributed by atoms with Gasteiger partial charge in [0.15, 0.2) is 0 Å². The molecule has 1 aliphatic carbocycles. The van der Waals surface area contributed by atoms with Gasteiger partial charge < -0.3 is 15.0 Å². The number of nitrogens with zero attached hydrogens (tertiary/aromatic N) is 1. The van der Waals surface area contributed by atoms with Gasteiger partial charge in [0.2, 0.25) is 5.91 Å². The molecule has 0 spiro atoms. The van der Waals surface area contributed by atoms with Crippen LogP contribution in [0.15, 0.2) is 48.5 Å². The molecule has 1 atom stereocenters. The molecule has 1 heterocycles. The van der Waals surface area contributed by atoms with Crippen molar-refractivity contribution in [3.63, 3.8) is 0 Å². The molecular formula is C29H38N2O3. The van der Waals surface area contributed by atoms with E-state index in [-0.39, 0.29) is 18.3 Å². The number of ether oxygens (including phenoxy) is 1. The fourth-order valence-corrected chi connectivity index (χ4v) is 5.62. The maximum atomic E-state index is 13.1. The van der Waals surface area contributed by atoms with Gasteiger partial charge in [-0.3, -0.25) is 9.59 Å². The Kier molecular flexibility index (Phi) is 8.04. The number of nitrogens with one attached hydrogen (secondary N) is 1. The van der Waals surface area contributed by atoms with Gasteiger partial charge in [-0.1, -0.05) is 61.4 Å². The molecule has 182 valence electrons. The van der Waals surface area contributed by atoms with Crippen LogP contribution in [0.5, 0.6) is 0 Å². The van der Waals surface area contributed by atoms with E-state index >= 15 is 0 Å². The third-order valence-corrected chi connectivity index (χ3v) is 7.84. The Hall–Kier alpha value is -2.66. The minimum atomic E-state index is -0.495. The molecule has 2 aromatic rings. The van der Waals surface area contributed by atoms with E-state index in [4.69, 9.17) is 0 Å². The van der Waals surface area contributed by atoms with Crippen LogP contribution in [-0.4, -0.2) is 49.6 Å². The number of benzene rings is 2. The number of amides is 1. The first-order valence-electron chi connectivity index (χ1n) is 12.8. The number of hydrogen-bond donors (Lipinski definition) is 1. The normalized spacial score (nSPS) is 19.8. The van der Waals surface area contributed by atoms with Gasteiger partial charge in [0.1, 0.15) is 0 Å². The Labute approximate surface area is 203 Å². The molecule has 0 unspecified atom stereocenters. The van der Waals surface area contributed by atoms with Gasteiger partial charge in [0.25, 0.3) is 0 Å². The van der Waals surface area contributed by atoms with Crippen LogP contribution in [0.2, 0.25) is 0 Å². The Balaban J connectivity index is 1.40. The third kappa shape index (κ3) is 5.52. The summed E-state index contributed by atoms with van der Waals surface area (Å²) in [5.41, 5.74) is 4.33. The number of likely N-dealkylation sites (tertiary alicyclic amines) is 1. The Morgan fingerprint density at radius 1 is 1.00 bits per heavy atom. The summed E-state index contributed by atoms with van der Waals surface area (Å²) in [5.74, 6) is -0.278. The first kappa shape index (κ1) is 24.5. The van der Waals surface area contributed by atoms with E-state index < -0.39 is 5.41 Å². The molecule has 1 amide bonds. The molecule has 34 heavy (non-hydrogen) atoms. The topological polar surface area (TPSA) is 58.6 Å². The van der Waals surface area contributed by atoms with Crippen molar-refractivity contribution in [2.45, 2.75) is 69.7 Å². The van der Waals surface area contributed by atoms with Gasteiger partial charge in [-0.2, -0.15) is 0 Å². The molecule has 1 N–H and O–H groups in total. The molecule has 1 saturated heterocycles. The van der Waals surface area contributed by atoms with E-state index in [2.05, 4.69) is 70.4 Å². The lowest BCUT2D eigenvalue weighted by atomic mass is 9.77. The summed E-state index contributed by atoms with van der Waals surface area (Å²) in [4.78, 5) is 27.1. The second-order valence-corrected chi connectivity index (χ2v) is 9.92. The minimum Gasteiger partial charge on any atom is -0.469 e. The van der Waals surface area contributed by atoms with Crippen LogP contribution in [0.3, 0.4) is 0 Å². The Morgan fingerprint density at radius 2 is 1.65 bits per heavy atom. The van der Waals surface area contributed by atoms with Gasteiger partial charge in [-0.05, 0) is 67.8 Å². The van der Waals surface area contributed by atoms with E-state index in [0.29, 0.717) is 6.54 Å². The highest BCUT2D eigenvalue weighted by Crippen LogP contribution is 2.42. The number of carbonyl (C=O) groups excluding carboxylic acids is 2. The van der Waals surface area contributed by atoms with E-state index in [1.807, 2.05) is 0 Å². The van der Waals surface area contributed by atoms with Crippen LogP contribution in [0.25, 0.3) is 11.1 Å². The first-order valence-corrected chi connectivity index (χ1v) is 12.8. The third-order valence-electron chi connectivity index (χ3n) is 7.84. The van der Waals surface area contributed by atoms with Crippen molar-refractivity contribution >= 4 is 11.9 Å². The van der Waals surface area contributed by atoms with E-state index in [1.54, 1.807) is 0 Å². The monoisotopic (exact) mass is 462 g/mol. The molecule has 2 aromatic carbocycles. The Morgan fingerprint density at radius 3 is 2.24 bits per heavy atom. The number of hydrogen-bond acceptors (Lipinski definition) is 4. The van der Waals surface area contributed by atoms with Crippen LogP contribution >= 0.6 is 0 Å². The number of esters is 1. The molecule has 0 radical (unpaired) electrons. The fourth-order valence-electron chi connectivity index (χ4n) is 5.62. The van der Waals surface area contributed by atoms with Crippen LogP contribution in [0.1, 0.15) is 63.0 Å². The van der Waals surface area contributed by atoms with Gasteiger partial charge in [0.05, 0.1) is 18.9 Å². The summed E-state index contributed by atoms with van der Waals surface area (Å²) in [5, 5.41) is 2.97. The second kappa shape index (κ2) is 11.2. The molecule has 5 heteroatoms. The van der Waals surface area contributed by atoms with Crippen molar-refractivity contribution in [3.05, 3.63) is 59.7 Å². The molecule has 5 nitrogen and oxygen atoms in total. The van der Waals surface area contributed by atoms with Crippen molar-refractivity contribution < 1.29 is 14.3 Å². The molecule has 2 fully saturated rings. The van der Waals surface area contributed by atoms with E-state index in [0.717, 1.165) is 50.3 Å². The largest absolute Gasteiger partial charge is 0.469 e. The van der Waals surface area contributed by atoms with E-state index in [1.165, 1.54) is 43.2 Å². The molecule has 1 aliphatic heterocycles. The predicted octanol–water partition coefficient (Wildman–Crippen LogP) is 4.87. The number of methoxy groups -OCH3 is 1. The fraction of sp³-hybridized carbons (Fsp3) is 0.517. The molecule has 0 aromatic heterocycles. The highest BCUT2D eigenvalue weighted by molar-refractivity contribution is 5.89. The van der Waals surface area contributed by atoms with E-state index in [9.17, 15) is 9.59 Å². The SMILES string of the molecule is COC(=O)CCNC(=O)C1(c2ccc(-c3ccc(CCN4CCC[C@H]4C)cc3)cc2)CCCC1. The zero-order valence-corrected chi connectivity index (χ0v) is 20.6. The lowest BCUT2D eigenvalue weighted by Gasteiger charge is -2.28. The molecular weight excluding hydrogens is 424 g/mol. The summed E-state index contributed by atoms with van der Waals surface area (Å²) in [6.07, 6.45) is 7.73. The number of rotatable bonds is 9. The second-order valence-electron chi connectivity index (χ2n) is 9.92. The van der Waals surface area contributed by atoms with Crippen molar-refractivity contribution in [3.8, 4) is 11.1 Å². The molecule has 2 aliphatic rings. The quantitative estimate of drug-likeness (QED) is 0.540. The van der Waals surface area contributed by atoms with Gasteiger partial charge in [-0.15, -0.1) is 0 Å². The number of carbonyl (C=O) groups is 2. The first-order chi connectivity index (χ1) is 16.5. The zero-order chi connectivity index (χ0) is 24.0. The van der Waals surface area contributed by atoms with Crippen molar-refractivity contribution in [2.75, 3.05) is 26.7 Å². The van der Waals surface area contributed by atoms with Crippen LogP contribution in [0.4, 0.5) is 0 Å². The van der Waals surface area contributed by atoms with Crippen molar-refractivity contribution in [1.82, 2.24) is 10.2 Å². The summed E-state index contributed by atoms with van der Waals surface area (Å²) in [6, 6.07) is 18.1. The standard InChI is InChI=1S/C29H38N2O3/c1-22-6-5-20-31(22)21-16-23-7-9-24(10-8-23)25-11-13-26(14-12-25)29(17-3-4-18-29)28(33)30-19-15-27(32)34-2/h7-14,22H,3-6,15-21H2,1-2H3,(H,30,33)/t22-/m1/s1. The van der Waals surface area contributed by atoms with Crippen molar-refractivity contribution in [1.29, 1.82) is 0 Å². The smallest absolute Gasteiger partial charge is 0.307 e. The van der Waals surface area contributed by atoms with Crippen LogP contribution in [-0.2, 0) is 26.2 Å². The molecule has 0 bridgehead atoms. The highest BCUT2D eigenvalue weighted by atomic mass is 16.5. The molecule has 4 rings (SSSR count). The van der Waals surface area contributed by atoms with Crippen molar-refractivity contribution in [2.24, 2.45) is 0 Å². The maximum Gasteiger partial charge on any atom is 0.307 e. The van der Waals surface area contributed by atoms with Crippen LogP contribution < -0.4 is 5.32 Å². The average molecular weight is 463 g/mol. The minimum absolute atomic E-state index is 0.0262. The zero-order valence-electron chi connectivity index (χ0n) is 20.6. The van der Waals surface area contributed by atoms with Gasteiger partial charge >= 0.3 is 5.97 Å². The summed E-state index contributed by atoms with van der Waals surface area (Å²) in [7, 11) is 1.37. The lowest BCUT2D eigenvalue weighted by molar-refractivity contribution is -0.140. The average Bonchev–Trinajstić information content (AvgIpc) is 3.53. The molecule has 1 saturated carbocycles. The predicted molar refractivity (Wildman–Crippen MR) is 136 cm³/mol. The lowest BCUT2D eigenvalue weighted by Crippen LogP contribution is -2.43. The summed E-state index contributed by atoms with van der Waals surface area (Å²) < 4.78 is 4.68. The maximum absolute atomic E-state index is 13.1. The summed E-state index contributed by atoms with van der Waals surface area (Å²) in [6.45, 7) is 5.02. The van der Waals surface area contributed by atoms with Crippen LogP contribution in [0, 0.1) is 0 Å². The van der Waals surface area contributed by atoms with Gasteiger partial charge in [-0.25, -0.2) is 0 Å². The summed E-state index contributed by atoms with van der Waals surface area (Å²) >= 11 is 0. The Bertz CT molecular complexity index is 962. The van der Waals surface area contributed by atoms with Gasteiger partial charge in [0, 0.05) is 19.1 Å².